The second-order valence-corrected chi connectivity index (χ2v) is 25.5. The topological polar surface area (TPSA) is 327 Å². The van der Waals surface area contributed by atoms with Crippen LogP contribution in [0, 0.1) is 29.1 Å². The Kier molecular flexibility index (Phi) is 23.9. The quantitative estimate of drug-likeness (QED) is 0.0115. The Morgan fingerprint density at radius 3 is 1.44 bits per heavy atom. The zero-order valence-electron chi connectivity index (χ0n) is 47.0. The van der Waals surface area contributed by atoms with Crippen molar-refractivity contribution in [1.82, 2.24) is 29.3 Å². The Hall–Kier alpha value is -6.21. The minimum atomic E-state index is -5.05. The summed E-state index contributed by atoms with van der Waals surface area (Å²) in [6, 6.07) is 14.3. The van der Waals surface area contributed by atoms with Crippen molar-refractivity contribution in [3.8, 4) is 11.5 Å². The van der Waals surface area contributed by atoms with Gasteiger partial charge in [0.2, 0.25) is 5.82 Å². The van der Waals surface area contributed by atoms with Crippen LogP contribution in [0.4, 0.5) is 30.7 Å². The minimum absolute atomic E-state index is 0.143. The van der Waals surface area contributed by atoms with Gasteiger partial charge in [-0.05, 0) is 89.5 Å². The van der Waals surface area contributed by atoms with Crippen molar-refractivity contribution in [3.63, 3.8) is 0 Å². The van der Waals surface area contributed by atoms with E-state index < -0.39 is 157 Å². The first-order chi connectivity index (χ1) is 42.0. The molecule has 4 aliphatic rings. The number of nitrogens with zero attached hydrogens (tertiary/aromatic N) is 2. The number of benzene rings is 3. The Morgan fingerprint density at radius 2 is 1.02 bits per heavy atom. The summed E-state index contributed by atoms with van der Waals surface area (Å²) in [6.07, 6.45) is -0.299. The third-order valence-corrected chi connectivity index (χ3v) is 18.7. The maximum Gasteiger partial charge on any atom is 0.459 e. The van der Waals surface area contributed by atoms with Crippen LogP contribution in [0.1, 0.15) is 90.5 Å². The molecule has 0 bridgehead atoms. The molecule has 2 saturated heterocycles. The lowest BCUT2D eigenvalue weighted by atomic mass is 9.98. The minimum Gasteiger partial charge on any atom is -0.461 e. The molecule has 2 aromatic heterocycles. The highest BCUT2D eigenvalue weighted by atomic mass is 35.5. The zero-order valence-corrected chi connectivity index (χ0v) is 50.3. The van der Waals surface area contributed by atoms with Crippen LogP contribution in [-0.4, -0.2) is 119 Å². The Bertz CT molecular complexity index is 3580. The van der Waals surface area contributed by atoms with Crippen LogP contribution in [0.15, 0.2) is 104 Å². The largest absolute Gasteiger partial charge is 0.461 e. The van der Waals surface area contributed by atoms with Gasteiger partial charge < -0.3 is 43.3 Å². The number of hydrogen-bond donors (Lipinski definition) is 7. The number of aliphatic hydroxyl groups is 3. The summed E-state index contributed by atoms with van der Waals surface area (Å²) in [7, 11) is -9.41. The van der Waals surface area contributed by atoms with Crippen molar-refractivity contribution in [2.45, 2.75) is 149 Å². The van der Waals surface area contributed by atoms with E-state index in [0.717, 1.165) is 75.9 Å². The van der Waals surface area contributed by atoms with E-state index in [1.165, 1.54) is 50.2 Å². The molecule has 12 atom stereocenters. The van der Waals surface area contributed by atoms with E-state index in [1.54, 1.807) is 24.3 Å². The number of rotatable bonds is 19. The van der Waals surface area contributed by atoms with Crippen molar-refractivity contribution < 1.29 is 97.3 Å². The van der Waals surface area contributed by atoms with Gasteiger partial charge in [-0.15, -0.1) is 0 Å². The fraction of sp³-hybridized carbons (Fsp3) is 0.481. The molecule has 24 nitrogen and oxygen atoms in total. The fourth-order valence-electron chi connectivity index (χ4n) is 9.44. The Morgan fingerprint density at radius 1 is 0.629 bits per heavy atom. The number of aromatic nitrogens is 4. The van der Waals surface area contributed by atoms with E-state index >= 15 is 4.39 Å². The molecule has 35 heteroatoms. The van der Waals surface area contributed by atoms with Crippen molar-refractivity contribution >= 4 is 55.7 Å². The van der Waals surface area contributed by atoms with Gasteiger partial charge in [0.25, 0.3) is 21.4 Å². The number of nitrogens with one attached hydrogen (secondary N) is 4. The second-order valence-electron chi connectivity index (χ2n) is 20.7. The molecular formula is C54H61Cl2F7N6O18P2. The summed E-state index contributed by atoms with van der Waals surface area (Å²) in [5.41, 5.74) is -3.34. The van der Waals surface area contributed by atoms with E-state index in [0.29, 0.717) is 22.0 Å². The molecule has 3 aromatic carbocycles. The number of halogens is 9. The first kappa shape index (κ1) is 70.3. The van der Waals surface area contributed by atoms with Gasteiger partial charge in [-0.2, -0.15) is 5.09 Å². The first-order valence-corrected chi connectivity index (χ1v) is 31.4. The lowest BCUT2D eigenvalue weighted by Crippen LogP contribution is -2.42. The van der Waals surface area contributed by atoms with Crippen LogP contribution in [0.3, 0.4) is 0 Å². The van der Waals surface area contributed by atoms with Crippen LogP contribution < -0.4 is 47.0 Å². The predicted octanol–water partition coefficient (Wildman–Crippen LogP) is 6.58. The first-order valence-electron chi connectivity index (χ1n) is 27.5. The highest BCUT2D eigenvalue weighted by Crippen LogP contribution is 2.50. The number of aromatic amines is 2. The van der Waals surface area contributed by atoms with Crippen molar-refractivity contribution in [2.75, 3.05) is 13.2 Å². The molecule has 2 unspecified atom stereocenters. The monoisotopic (exact) mass is 1350 g/mol. The van der Waals surface area contributed by atoms with Gasteiger partial charge in [-0.3, -0.25) is 47.4 Å². The van der Waals surface area contributed by atoms with Crippen molar-refractivity contribution in [2.24, 2.45) is 0 Å². The number of esters is 2. The predicted molar refractivity (Wildman–Crippen MR) is 301 cm³/mol. The molecule has 5 aromatic rings. The highest BCUT2D eigenvalue weighted by molar-refractivity contribution is 7.65. The number of aliphatic hydroxyl groups excluding tert-OH is 3. The van der Waals surface area contributed by atoms with E-state index in [9.17, 15) is 74.5 Å². The SMILES string of the molecule is C[C@H](NP(=O)(OC[C@H]1O[C@@H](n2ccc(=O)[nH]c2=O)[C@@](F)(Cl)[C@@H]1O)Oc1ccccc1)C(=O)OC1CCCCC1.C[C@H](NP(=O)(Oc1ccccc1)c1c(F)c(F)c(F)c(F)c1F)C(=O)OC1CCCCC1.O=c1ccn([C@@H]2O[C@H](CO)[C@@H](O)[C@]2(F)Cl)c(=O)[nH]1. The number of para-hydroxylation sites is 2. The molecule has 0 amide bonds. The van der Waals surface area contributed by atoms with Crippen LogP contribution in [-0.2, 0) is 42.2 Å². The number of H-pyrrole nitrogens is 2. The lowest BCUT2D eigenvalue weighted by molar-refractivity contribution is -0.153. The zero-order chi connectivity index (χ0) is 65.2. The molecule has 2 aliphatic heterocycles. The summed E-state index contributed by atoms with van der Waals surface area (Å²) in [4.78, 5) is 74.9. The summed E-state index contributed by atoms with van der Waals surface area (Å²) >= 11 is 11.4. The van der Waals surface area contributed by atoms with E-state index in [4.69, 9.17) is 60.8 Å². The average molecular weight is 1350 g/mol. The summed E-state index contributed by atoms with van der Waals surface area (Å²) in [6.45, 7) is 1.25. The van der Waals surface area contributed by atoms with Crippen LogP contribution in [0.5, 0.6) is 11.5 Å². The molecule has 488 valence electrons. The van der Waals surface area contributed by atoms with Gasteiger partial charge in [0.05, 0.1) is 13.2 Å². The molecular weight excluding hydrogens is 1290 g/mol. The molecule has 2 saturated carbocycles. The lowest BCUT2D eigenvalue weighted by Gasteiger charge is -2.27. The molecule has 4 heterocycles. The Balaban J connectivity index is 0.000000202. The number of hydrogen-bond acceptors (Lipinski definition) is 18. The van der Waals surface area contributed by atoms with Gasteiger partial charge in [0.15, 0.2) is 35.7 Å². The highest BCUT2D eigenvalue weighted by Gasteiger charge is 2.59. The van der Waals surface area contributed by atoms with E-state index in [-0.39, 0.29) is 23.7 Å². The van der Waals surface area contributed by atoms with E-state index in [2.05, 4.69) is 10.2 Å². The second kappa shape index (κ2) is 30.3. The summed E-state index contributed by atoms with van der Waals surface area (Å²) < 4.78 is 166. The Labute approximate surface area is 510 Å². The normalized spacial score (nSPS) is 25.8. The van der Waals surface area contributed by atoms with Gasteiger partial charge in [-0.25, -0.2) is 50.0 Å². The number of carbonyl (C=O) groups is 2. The van der Waals surface area contributed by atoms with Crippen molar-refractivity contribution in [1.29, 1.82) is 0 Å². The molecule has 7 N–H and O–H groups in total. The van der Waals surface area contributed by atoms with Gasteiger partial charge in [-0.1, -0.05) is 72.4 Å². The number of carbonyl (C=O) groups excluding carboxylic acids is 2. The van der Waals surface area contributed by atoms with E-state index in [1.807, 2.05) is 9.97 Å². The van der Waals surface area contributed by atoms with Gasteiger partial charge in [0, 0.05) is 24.5 Å². The molecule has 2 aliphatic carbocycles. The number of ether oxygens (including phenoxy) is 4. The maximum absolute atomic E-state index is 15.3. The van der Waals surface area contributed by atoms with Crippen LogP contribution in [0.25, 0.3) is 0 Å². The fourth-order valence-corrected chi connectivity index (χ4v) is 13.6. The van der Waals surface area contributed by atoms with Gasteiger partial charge >= 0.3 is 38.6 Å². The van der Waals surface area contributed by atoms with Crippen molar-refractivity contribution in [3.05, 3.63) is 156 Å². The molecule has 4 fully saturated rings. The third kappa shape index (κ3) is 17.2. The van der Waals surface area contributed by atoms with Gasteiger partial charge in [0.1, 0.15) is 65.5 Å². The molecule has 0 spiro atoms. The van der Waals surface area contributed by atoms with Crippen LogP contribution in [0.2, 0.25) is 0 Å². The maximum atomic E-state index is 15.3. The third-order valence-electron chi connectivity index (χ3n) is 14.1. The summed E-state index contributed by atoms with van der Waals surface area (Å²) in [5.74, 6) is -13.2. The molecule has 0 radical (unpaired) electrons. The summed E-state index contributed by atoms with van der Waals surface area (Å²) in [5, 5.41) is 26.1. The average Bonchev–Trinajstić information content (AvgIpc) is 1.77. The molecule has 89 heavy (non-hydrogen) atoms. The molecule has 9 rings (SSSR count). The van der Waals surface area contributed by atoms with Crippen LogP contribution >= 0.6 is 38.5 Å². The number of alkyl halides is 4. The smallest absolute Gasteiger partial charge is 0.459 e. The standard InChI is InChI=1S/C24H30ClFN3O9P.C21H21F5NO4P.C9H10ClFN2O5/c1-15(21(32)36-16-8-4-2-5-9-16)28-39(34,38-17-10-6-3-7-11-17)35-14-18-20(31)24(25,26)22(37-18)29-13-12-19(30)27-23(29)33;1-12(21(28)30-13-8-4-2-5-9-13)27-32(29,31-14-10-6-3-7-11-14)20-18(25)16(23)15(22)17(24)19(20)26;10-9(11)6(16)4(3-14)18-7(9)13-2-1-5(15)12-8(13)17/h3,6-7,10-13,15-16,18,20,22,31H,2,4-5,8-9,14H2,1H3,(H,28,34)(H,27,30,33);3,6-7,10-13H,2,4-5,8-9H2,1H3,(H,27,29);1-2,4,6-7,14,16H,3H2,(H,12,15,17)/t15-,18+,20+,22+,24+,39?;12-,32?;4-,6-,7-,9-/m001/s1.